The van der Waals surface area contributed by atoms with Crippen LogP contribution in [0.1, 0.15) is 37.3 Å². The fourth-order valence-corrected chi connectivity index (χ4v) is 4.33. The Kier molecular flexibility index (Phi) is 5.84. The van der Waals surface area contributed by atoms with Crippen molar-refractivity contribution in [3.05, 3.63) is 29.8 Å². The molecule has 0 saturated carbocycles. The summed E-state index contributed by atoms with van der Waals surface area (Å²) in [4.78, 5) is 39.3. The summed E-state index contributed by atoms with van der Waals surface area (Å²) >= 11 is 0. The standard InChI is InChI=1S/C21H29N3O5/c1-24(2,3)11-5-4-6-16-20(27)23-17(19(26)22-16)12-15(21(28)29)18(23)13-7-9-14(25)10-8-13/h7-10,15-18H,4-6,11-12H2,1-3H3,(H2-,22,25,26,28,29)/p+1/t15-,16-,17-,18-/m0/s1. The minimum Gasteiger partial charge on any atom is -0.508 e. The third-order valence-corrected chi connectivity index (χ3v) is 5.79. The van der Waals surface area contributed by atoms with Gasteiger partial charge < -0.3 is 24.9 Å². The molecule has 3 N–H and O–H groups in total. The summed E-state index contributed by atoms with van der Waals surface area (Å²) in [5.74, 6) is -2.34. The van der Waals surface area contributed by atoms with Crippen molar-refractivity contribution in [1.29, 1.82) is 0 Å². The van der Waals surface area contributed by atoms with Crippen molar-refractivity contribution in [3.8, 4) is 5.75 Å². The molecule has 4 atom stereocenters. The van der Waals surface area contributed by atoms with Gasteiger partial charge in [0.15, 0.2) is 0 Å². The van der Waals surface area contributed by atoms with E-state index in [1.807, 2.05) is 0 Å². The predicted molar refractivity (Wildman–Crippen MR) is 106 cm³/mol. The summed E-state index contributed by atoms with van der Waals surface area (Å²) in [6.45, 7) is 0.971. The van der Waals surface area contributed by atoms with Crippen molar-refractivity contribution in [2.75, 3.05) is 27.7 Å². The normalized spacial score (nSPS) is 26.9. The third-order valence-electron chi connectivity index (χ3n) is 5.79. The Bertz CT molecular complexity index is 787. The Morgan fingerprint density at radius 3 is 2.41 bits per heavy atom. The number of carboxylic acid groups (broad SMARTS) is 1. The number of carboxylic acids is 1. The monoisotopic (exact) mass is 404 g/mol. The summed E-state index contributed by atoms with van der Waals surface area (Å²) in [6, 6.07) is 4.06. The second-order valence-electron chi connectivity index (χ2n) is 9.05. The van der Waals surface area contributed by atoms with Crippen LogP contribution >= 0.6 is 0 Å². The van der Waals surface area contributed by atoms with E-state index in [0.29, 0.717) is 12.0 Å². The molecule has 29 heavy (non-hydrogen) atoms. The van der Waals surface area contributed by atoms with Crippen molar-refractivity contribution < 1.29 is 29.1 Å². The van der Waals surface area contributed by atoms with E-state index in [-0.39, 0.29) is 24.0 Å². The number of fused-ring (bicyclic) bond motifs is 1. The fourth-order valence-electron chi connectivity index (χ4n) is 4.33. The summed E-state index contributed by atoms with van der Waals surface area (Å²) in [7, 11) is 6.32. The number of hydrogen-bond acceptors (Lipinski definition) is 4. The summed E-state index contributed by atoms with van der Waals surface area (Å²) in [5.41, 5.74) is 0.615. The molecule has 2 saturated heterocycles. The number of carbonyl (C=O) groups is 3. The van der Waals surface area contributed by atoms with Crippen molar-refractivity contribution in [2.24, 2.45) is 5.92 Å². The average Bonchev–Trinajstić information content (AvgIpc) is 3.04. The zero-order chi connectivity index (χ0) is 21.3. The van der Waals surface area contributed by atoms with Crippen LogP contribution in [0, 0.1) is 5.92 Å². The van der Waals surface area contributed by atoms with Gasteiger partial charge in [-0.05, 0) is 43.4 Å². The van der Waals surface area contributed by atoms with Gasteiger partial charge in [-0.1, -0.05) is 12.1 Å². The molecular weight excluding hydrogens is 374 g/mol. The minimum absolute atomic E-state index is 0.0630. The summed E-state index contributed by atoms with van der Waals surface area (Å²) in [5, 5.41) is 22.1. The molecule has 2 aliphatic rings. The second kappa shape index (κ2) is 8.02. The van der Waals surface area contributed by atoms with Gasteiger partial charge >= 0.3 is 5.97 Å². The van der Waals surface area contributed by atoms with Crippen molar-refractivity contribution >= 4 is 17.8 Å². The molecule has 8 nitrogen and oxygen atoms in total. The van der Waals surface area contributed by atoms with Crippen molar-refractivity contribution in [2.45, 2.75) is 43.8 Å². The van der Waals surface area contributed by atoms with Crippen LogP contribution in [0.3, 0.4) is 0 Å². The number of carbonyl (C=O) groups excluding carboxylic acids is 2. The van der Waals surface area contributed by atoms with Gasteiger partial charge in [-0.25, -0.2) is 0 Å². The molecule has 2 heterocycles. The Morgan fingerprint density at radius 2 is 1.83 bits per heavy atom. The SMILES string of the molecule is C[N+](C)(C)CCCC[C@@H]1NC(=O)[C@@H]2C[C@H](C(=O)O)[C@H](c3ccc(O)cc3)N2C1=O. The van der Waals surface area contributed by atoms with E-state index in [1.54, 1.807) is 12.1 Å². The predicted octanol–water partition coefficient (Wildman–Crippen LogP) is 1.11. The molecule has 0 aromatic heterocycles. The zero-order valence-corrected chi connectivity index (χ0v) is 17.2. The highest BCUT2D eigenvalue weighted by atomic mass is 16.4. The molecule has 0 unspecified atom stereocenters. The molecule has 1 aromatic carbocycles. The first-order chi connectivity index (χ1) is 13.6. The molecule has 0 bridgehead atoms. The number of aliphatic carboxylic acids is 1. The molecule has 3 rings (SSSR count). The lowest BCUT2D eigenvalue weighted by atomic mass is 9.93. The van der Waals surface area contributed by atoms with E-state index >= 15 is 0 Å². The van der Waals surface area contributed by atoms with E-state index < -0.39 is 30.0 Å². The second-order valence-corrected chi connectivity index (χ2v) is 9.05. The van der Waals surface area contributed by atoms with Gasteiger partial charge in [0.1, 0.15) is 17.8 Å². The number of piperazine rings is 1. The van der Waals surface area contributed by atoms with Gasteiger partial charge in [0.2, 0.25) is 11.8 Å². The lowest BCUT2D eigenvalue weighted by Gasteiger charge is -2.38. The Balaban J connectivity index is 1.80. The van der Waals surface area contributed by atoms with Gasteiger partial charge in [-0.3, -0.25) is 14.4 Å². The van der Waals surface area contributed by atoms with E-state index in [1.165, 1.54) is 17.0 Å². The lowest BCUT2D eigenvalue weighted by molar-refractivity contribution is -0.870. The van der Waals surface area contributed by atoms with E-state index in [9.17, 15) is 24.6 Å². The lowest BCUT2D eigenvalue weighted by Crippen LogP contribution is -2.61. The van der Waals surface area contributed by atoms with Crippen LogP contribution in [0.15, 0.2) is 24.3 Å². The van der Waals surface area contributed by atoms with E-state index in [2.05, 4.69) is 26.5 Å². The Hall–Kier alpha value is -2.61. The molecule has 2 amide bonds. The maximum atomic E-state index is 13.2. The van der Waals surface area contributed by atoms with Crippen molar-refractivity contribution in [1.82, 2.24) is 10.2 Å². The maximum Gasteiger partial charge on any atom is 0.309 e. The first kappa shape index (κ1) is 21.1. The number of nitrogens with one attached hydrogen (secondary N) is 1. The molecule has 158 valence electrons. The van der Waals surface area contributed by atoms with Crippen LogP contribution in [0.5, 0.6) is 5.75 Å². The highest BCUT2D eigenvalue weighted by Crippen LogP contribution is 2.43. The van der Waals surface area contributed by atoms with E-state index in [4.69, 9.17) is 0 Å². The van der Waals surface area contributed by atoms with Gasteiger partial charge in [-0.15, -0.1) is 0 Å². The third kappa shape index (κ3) is 4.53. The summed E-state index contributed by atoms with van der Waals surface area (Å²) < 4.78 is 0.836. The Labute approximate surface area is 170 Å². The molecule has 8 heteroatoms. The minimum atomic E-state index is -1.03. The largest absolute Gasteiger partial charge is 0.508 e. The van der Waals surface area contributed by atoms with Gasteiger partial charge in [0.05, 0.1) is 39.6 Å². The smallest absolute Gasteiger partial charge is 0.309 e. The molecule has 1 aromatic rings. The maximum absolute atomic E-state index is 13.2. The molecule has 0 aliphatic carbocycles. The zero-order valence-electron chi connectivity index (χ0n) is 17.2. The number of amides is 2. The van der Waals surface area contributed by atoms with Crippen molar-refractivity contribution in [3.63, 3.8) is 0 Å². The number of unbranched alkanes of at least 4 members (excludes halogenated alkanes) is 1. The number of phenolic OH excluding ortho intramolecular Hbond substituents is 1. The van der Waals surface area contributed by atoms with Gasteiger partial charge in [-0.2, -0.15) is 0 Å². The molecule has 2 aliphatic heterocycles. The molecule has 0 radical (unpaired) electrons. The number of hydrogen-bond donors (Lipinski definition) is 3. The number of rotatable bonds is 7. The van der Waals surface area contributed by atoms with Crippen LogP contribution < -0.4 is 5.32 Å². The quantitative estimate of drug-likeness (QED) is 0.466. The first-order valence-electron chi connectivity index (χ1n) is 10.0. The molecular formula is C21H30N3O5+. The average molecular weight is 404 g/mol. The van der Waals surface area contributed by atoms with Crippen LogP contribution in [0.25, 0.3) is 0 Å². The highest BCUT2D eigenvalue weighted by molar-refractivity contribution is 5.98. The van der Waals surface area contributed by atoms with Crippen LogP contribution in [-0.2, 0) is 14.4 Å². The molecule has 2 fully saturated rings. The molecule has 0 spiro atoms. The highest BCUT2D eigenvalue weighted by Gasteiger charge is 2.54. The first-order valence-corrected chi connectivity index (χ1v) is 10.0. The fraction of sp³-hybridized carbons (Fsp3) is 0.571. The van der Waals surface area contributed by atoms with Crippen LogP contribution in [-0.4, -0.2) is 77.2 Å². The van der Waals surface area contributed by atoms with Crippen LogP contribution in [0.2, 0.25) is 0 Å². The number of nitrogens with zero attached hydrogens (tertiary/aromatic N) is 2. The number of aromatic hydroxyl groups is 1. The van der Waals surface area contributed by atoms with Gasteiger partial charge in [0, 0.05) is 0 Å². The van der Waals surface area contributed by atoms with Gasteiger partial charge in [0.25, 0.3) is 0 Å². The number of quaternary nitrogens is 1. The number of benzene rings is 1. The Morgan fingerprint density at radius 1 is 1.17 bits per heavy atom. The van der Waals surface area contributed by atoms with E-state index in [0.717, 1.165) is 23.9 Å². The number of phenols is 1. The summed E-state index contributed by atoms with van der Waals surface area (Å²) in [6.07, 6.45) is 2.36. The van der Waals surface area contributed by atoms with Crippen LogP contribution in [0.4, 0.5) is 0 Å². The topological polar surface area (TPSA) is 107 Å².